The smallest absolute Gasteiger partial charge is 0.318 e. The Morgan fingerprint density at radius 3 is 2.40 bits per heavy atom. The van der Waals surface area contributed by atoms with Crippen molar-refractivity contribution in [2.24, 2.45) is 5.92 Å². The highest BCUT2D eigenvalue weighted by Gasteiger charge is 2.42. The van der Waals surface area contributed by atoms with Crippen molar-refractivity contribution in [1.82, 2.24) is 15.2 Å². The average molecular weight is 335 g/mol. The van der Waals surface area contributed by atoms with E-state index in [1.807, 2.05) is 36.5 Å². The Balaban J connectivity index is 1.58. The number of nitrogens with one attached hydrogen (secondary N) is 1. The van der Waals surface area contributed by atoms with E-state index in [9.17, 15) is 4.79 Å². The van der Waals surface area contributed by atoms with Crippen molar-refractivity contribution in [3.63, 3.8) is 0 Å². The summed E-state index contributed by atoms with van der Waals surface area (Å²) in [6, 6.07) is 14.7. The van der Waals surface area contributed by atoms with E-state index in [0.717, 1.165) is 24.0 Å². The van der Waals surface area contributed by atoms with Gasteiger partial charge >= 0.3 is 6.03 Å². The van der Waals surface area contributed by atoms with Gasteiger partial charge in [0.1, 0.15) is 0 Å². The Hall–Kier alpha value is -2.36. The van der Waals surface area contributed by atoms with E-state index in [0.29, 0.717) is 18.0 Å². The first kappa shape index (κ1) is 16.1. The fraction of sp³-hybridized carbons (Fsp3) is 0.429. The molecule has 2 atom stereocenters. The second-order valence-corrected chi connectivity index (χ2v) is 7.30. The number of aromatic nitrogens is 1. The predicted molar refractivity (Wildman–Crippen MR) is 98.1 cm³/mol. The number of hydrogen-bond acceptors (Lipinski definition) is 2. The molecule has 25 heavy (non-hydrogen) atoms. The molecule has 0 radical (unpaired) electrons. The number of benzene rings is 1. The third-order valence-electron chi connectivity index (χ3n) is 5.34. The maximum absolute atomic E-state index is 13.1. The number of urea groups is 1. The Morgan fingerprint density at radius 2 is 1.80 bits per heavy atom. The van der Waals surface area contributed by atoms with Crippen molar-refractivity contribution < 1.29 is 4.79 Å². The van der Waals surface area contributed by atoms with Gasteiger partial charge in [0.25, 0.3) is 0 Å². The zero-order valence-corrected chi connectivity index (χ0v) is 14.6. The number of hydrogen-bond donors (Lipinski definition) is 1. The molecular weight excluding hydrogens is 310 g/mol. The van der Waals surface area contributed by atoms with Gasteiger partial charge in [0.2, 0.25) is 0 Å². The summed E-state index contributed by atoms with van der Waals surface area (Å²) in [7, 11) is 0. The number of rotatable bonds is 6. The first-order chi connectivity index (χ1) is 12.2. The summed E-state index contributed by atoms with van der Waals surface area (Å²) in [6.07, 6.45) is 8.37. The van der Waals surface area contributed by atoms with Gasteiger partial charge in [-0.2, -0.15) is 0 Å². The van der Waals surface area contributed by atoms with Crippen LogP contribution in [0, 0.1) is 5.92 Å². The van der Waals surface area contributed by atoms with Crippen molar-refractivity contribution in [2.45, 2.75) is 50.7 Å². The summed E-state index contributed by atoms with van der Waals surface area (Å²) in [6.45, 7) is 2.21. The van der Waals surface area contributed by atoms with Gasteiger partial charge < -0.3 is 10.2 Å². The topological polar surface area (TPSA) is 45.2 Å². The molecule has 4 rings (SSSR count). The zero-order valence-electron chi connectivity index (χ0n) is 14.6. The summed E-state index contributed by atoms with van der Waals surface area (Å²) in [5.41, 5.74) is 2.09. The molecule has 1 aromatic carbocycles. The summed E-state index contributed by atoms with van der Waals surface area (Å²) in [5.74, 6) is 0.680. The van der Waals surface area contributed by atoms with Crippen LogP contribution in [0.5, 0.6) is 0 Å². The summed E-state index contributed by atoms with van der Waals surface area (Å²) >= 11 is 0. The van der Waals surface area contributed by atoms with E-state index < -0.39 is 0 Å². The number of amides is 2. The first-order valence-electron chi connectivity index (χ1n) is 9.27. The SMILES string of the molecule is C[C@@H](C1CC1)N(C(=O)N[C@@H](c1ccccc1)c1cccnc1)C1CC1. The maximum atomic E-state index is 13.1. The molecule has 0 bridgehead atoms. The second kappa shape index (κ2) is 6.87. The van der Waals surface area contributed by atoms with Crippen LogP contribution in [0.15, 0.2) is 54.9 Å². The lowest BCUT2D eigenvalue weighted by Crippen LogP contribution is -2.48. The Kier molecular flexibility index (Phi) is 4.43. The largest absolute Gasteiger partial charge is 0.327 e. The standard InChI is InChI=1S/C21H25N3O/c1-15(16-9-10-16)24(19-11-12-19)21(25)23-20(17-6-3-2-4-7-17)18-8-5-13-22-14-18/h2-8,13-16,19-20H,9-12H2,1H3,(H,23,25)/t15-,20-/m0/s1. The molecule has 2 saturated carbocycles. The van der Waals surface area contributed by atoms with Crippen LogP contribution in [-0.4, -0.2) is 28.0 Å². The van der Waals surface area contributed by atoms with Crippen molar-refractivity contribution in [1.29, 1.82) is 0 Å². The third-order valence-corrected chi connectivity index (χ3v) is 5.34. The second-order valence-electron chi connectivity index (χ2n) is 7.30. The molecule has 2 amide bonds. The van der Waals surface area contributed by atoms with Crippen molar-refractivity contribution in [3.8, 4) is 0 Å². The molecule has 4 heteroatoms. The number of carbonyl (C=O) groups is 1. The molecular formula is C21H25N3O. The lowest BCUT2D eigenvalue weighted by atomic mass is 10.0. The quantitative estimate of drug-likeness (QED) is 0.862. The number of nitrogens with zero attached hydrogens (tertiary/aromatic N) is 2. The molecule has 1 N–H and O–H groups in total. The van der Waals surface area contributed by atoms with Crippen LogP contribution in [0.25, 0.3) is 0 Å². The van der Waals surface area contributed by atoms with Crippen LogP contribution in [0.3, 0.4) is 0 Å². The minimum Gasteiger partial charge on any atom is -0.327 e. The third kappa shape index (κ3) is 3.68. The van der Waals surface area contributed by atoms with Crippen LogP contribution in [0.1, 0.15) is 49.8 Å². The predicted octanol–water partition coefficient (Wildman–Crippen LogP) is 4.14. The minimum absolute atomic E-state index is 0.0552. The van der Waals surface area contributed by atoms with E-state index >= 15 is 0 Å². The van der Waals surface area contributed by atoms with Crippen molar-refractivity contribution in [2.75, 3.05) is 0 Å². The van der Waals surface area contributed by atoms with Crippen LogP contribution in [0.2, 0.25) is 0 Å². The molecule has 0 unspecified atom stereocenters. The van der Waals surface area contributed by atoms with Crippen LogP contribution >= 0.6 is 0 Å². The normalized spacial score (nSPS) is 19.1. The molecule has 2 aliphatic carbocycles. The van der Waals surface area contributed by atoms with Crippen LogP contribution in [0.4, 0.5) is 4.79 Å². The Morgan fingerprint density at radius 1 is 1.08 bits per heavy atom. The number of pyridine rings is 1. The van der Waals surface area contributed by atoms with Gasteiger partial charge in [0, 0.05) is 24.5 Å². The van der Waals surface area contributed by atoms with Crippen molar-refractivity contribution in [3.05, 3.63) is 66.0 Å². The lowest BCUT2D eigenvalue weighted by molar-refractivity contribution is 0.165. The molecule has 0 aliphatic heterocycles. The fourth-order valence-electron chi connectivity index (χ4n) is 3.59. The van der Waals surface area contributed by atoms with E-state index in [1.54, 1.807) is 6.20 Å². The molecule has 0 spiro atoms. The molecule has 2 aliphatic rings. The molecule has 4 nitrogen and oxygen atoms in total. The van der Waals surface area contributed by atoms with Crippen LogP contribution in [-0.2, 0) is 0 Å². The highest BCUT2D eigenvalue weighted by Crippen LogP contribution is 2.40. The summed E-state index contributed by atoms with van der Waals surface area (Å²) in [5, 5.41) is 3.28. The molecule has 1 heterocycles. The van der Waals surface area contributed by atoms with E-state index in [-0.39, 0.29) is 12.1 Å². The Labute approximate surface area is 149 Å². The molecule has 130 valence electrons. The van der Waals surface area contributed by atoms with Gasteiger partial charge in [0.05, 0.1) is 6.04 Å². The molecule has 0 saturated heterocycles. The molecule has 2 aromatic rings. The summed E-state index contributed by atoms with van der Waals surface area (Å²) in [4.78, 5) is 19.5. The molecule has 2 fully saturated rings. The minimum atomic E-state index is -0.171. The highest BCUT2D eigenvalue weighted by atomic mass is 16.2. The average Bonchev–Trinajstić information content (AvgIpc) is 3.54. The monoisotopic (exact) mass is 335 g/mol. The van der Waals surface area contributed by atoms with Gasteiger partial charge in [-0.1, -0.05) is 36.4 Å². The molecule has 1 aromatic heterocycles. The van der Waals surface area contributed by atoms with E-state index in [2.05, 4.69) is 34.3 Å². The van der Waals surface area contributed by atoms with Gasteiger partial charge in [-0.05, 0) is 55.7 Å². The first-order valence-corrected chi connectivity index (χ1v) is 9.27. The maximum Gasteiger partial charge on any atom is 0.318 e. The van der Waals surface area contributed by atoms with Gasteiger partial charge in [0.15, 0.2) is 0 Å². The lowest BCUT2D eigenvalue weighted by Gasteiger charge is -2.32. The van der Waals surface area contributed by atoms with Gasteiger partial charge in [-0.3, -0.25) is 4.98 Å². The van der Waals surface area contributed by atoms with Gasteiger partial charge in [-0.15, -0.1) is 0 Å². The fourth-order valence-corrected chi connectivity index (χ4v) is 3.59. The number of carbonyl (C=O) groups excluding carboxylic acids is 1. The Bertz CT molecular complexity index is 671. The van der Waals surface area contributed by atoms with Crippen LogP contribution < -0.4 is 5.32 Å². The highest BCUT2D eigenvalue weighted by molar-refractivity contribution is 5.76. The van der Waals surface area contributed by atoms with Crippen molar-refractivity contribution >= 4 is 6.03 Å². The van der Waals surface area contributed by atoms with Gasteiger partial charge in [-0.25, -0.2) is 4.79 Å². The zero-order chi connectivity index (χ0) is 17.2. The summed E-state index contributed by atoms with van der Waals surface area (Å²) < 4.78 is 0. The van der Waals surface area contributed by atoms with E-state index in [4.69, 9.17) is 0 Å². The van der Waals surface area contributed by atoms with E-state index in [1.165, 1.54) is 12.8 Å².